The van der Waals surface area contributed by atoms with Crippen molar-refractivity contribution in [2.24, 2.45) is 0 Å². The van der Waals surface area contributed by atoms with Crippen molar-refractivity contribution in [2.45, 2.75) is 45.5 Å². The highest BCUT2D eigenvalue weighted by molar-refractivity contribution is 5.66. The van der Waals surface area contributed by atoms with Crippen LogP contribution >= 0.6 is 0 Å². The summed E-state index contributed by atoms with van der Waals surface area (Å²) in [7, 11) is 0. The van der Waals surface area contributed by atoms with Crippen molar-refractivity contribution in [1.29, 1.82) is 0 Å². The minimum atomic E-state index is -4.33. The van der Waals surface area contributed by atoms with Gasteiger partial charge in [-0.05, 0) is 13.0 Å². The first kappa shape index (κ1) is 13.0. The van der Waals surface area contributed by atoms with Crippen LogP contribution in [0.5, 0.6) is 0 Å². The summed E-state index contributed by atoms with van der Waals surface area (Å²) in [6.07, 6.45) is -3.74. The first-order valence-corrected chi connectivity index (χ1v) is 5.72. The van der Waals surface area contributed by atoms with Gasteiger partial charge >= 0.3 is 12.1 Å². The van der Waals surface area contributed by atoms with E-state index in [1.165, 1.54) is 13.8 Å². The van der Waals surface area contributed by atoms with Gasteiger partial charge in [0.1, 0.15) is 6.10 Å². The van der Waals surface area contributed by atoms with E-state index in [2.05, 4.69) is 0 Å². The summed E-state index contributed by atoms with van der Waals surface area (Å²) in [6.45, 7) is 3.23. The molecule has 0 saturated heterocycles. The Morgan fingerprint density at radius 2 is 2.17 bits per heavy atom. The standard InChI is InChI=1S/C12H14F3NO2/c1-7-11(12(13,14)15)6-9-5-10(18-8(2)17)3-4-16(7)9/h6,10H,3-5H2,1-2H3. The van der Waals surface area contributed by atoms with Gasteiger partial charge in [-0.25, -0.2) is 0 Å². The van der Waals surface area contributed by atoms with Crippen LogP contribution in [-0.2, 0) is 28.7 Å². The Labute approximate surface area is 103 Å². The molecule has 0 aromatic carbocycles. The fraction of sp³-hybridized carbons (Fsp3) is 0.583. The molecule has 0 radical (unpaired) electrons. The molecule has 0 fully saturated rings. The fourth-order valence-electron chi connectivity index (χ4n) is 2.42. The highest BCUT2D eigenvalue weighted by atomic mass is 19.4. The number of hydrogen-bond donors (Lipinski definition) is 0. The third kappa shape index (κ3) is 2.37. The molecule has 1 unspecified atom stereocenters. The van der Waals surface area contributed by atoms with Crippen LogP contribution in [0, 0.1) is 6.92 Å². The van der Waals surface area contributed by atoms with E-state index in [1.54, 1.807) is 4.57 Å². The number of rotatable bonds is 1. The van der Waals surface area contributed by atoms with Gasteiger partial charge < -0.3 is 9.30 Å². The van der Waals surface area contributed by atoms with Gasteiger partial charge in [0, 0.05) is 37.7 Å². The van der Waals surface area contributed by atoms with Crippen LogP contribution in [0.1, 0.15) is 30.3 Å². The third-order valence-electron chi connectivity index (χ3n) is 3.20. The van der Waals surface area contributed by atoms with Crippen molar-refractivity contribution >= 4 is 5.97 Å². The van der Waals surface area contributed by atoms with Crippen molar-refractivity contribution in [3.63, 3.8) is 0 Å². The molecular weight excluding hydrogens is 247 g/mol. The maximum absolute atomic E-state index is 12.7. The summed E-state index contributed by atoms with van der Waals surface area (Å²) < 4.78 is 44.9. The van der Waals surface area contributed by atoms with Gasteiger partial charge in [-0.3, -0.25) is 4.79 Å². The highest BCUT2D eigenvalue weighted by Crippen LogP contribution is 2.35. The lowest BCUT2D eigenvalue weighted by atomic mass is 10.1. The second-order valence-corrected chi connectivity index (χ2v) is 4.51. The van der Waals surface area contributed by atoms with Crippen molar-refractivity contribution in [2.75, 3.05) is 0 Å². The minimum absolute atomic E-state index is 0.235. The number of alkyl halides is 3. The van der Waals surface area contributed by atoms with Crippen molar-refractivity contribution in [3.8, 4) is 0 Å². The number of ether oxygens (including phenoxy) is 1. The first-order valence-electron chi connectivity index (χ1n) is 5.72. The Morgan fingerprint density at radius 3 is 2.72 bits per heavy atom. The molecule has 100 valence electrons. The Hall–Kier alpha value is -1.46. The molecule has 1 aliphatic heterocycles. The monoisotopic (exact) mass is 261 g/mol. The van der Waals surface area contributed by atoms with E-state index in [-0.39, 0.29) is 11.8 Å². The van der Waals surface area contributed by atoms with Gasteiger partial charge in [0.05, 0.1) is 5.56 Å². The zero-order valence-electron chi connectivity index (χ0n) is 10.2. The largest absolute Gasteiger partial charge is 0.462 e. The molecule has 1 atom stereocenters. The molecule has 0 aliphatic carbocycles. The smallest absolute Gasteiger partial charge is 0.418 e. The number of hydrogen-bond acceptors (Lipinski definition) is 2. The number of aromatic nitrogens is 1. The van der Waals surface area contributed by atoms with Crippen LogP contribution in [0.2, 0.25) is 0 Å². The summed E-state index contributed by atoms with van der Waals surface area (Å²) in [5.41, 5.74) is 0.220. The second kappa shape index (κ2) is 4.33. The third-order valence-corrected chi connectivity index (χ3v) is 3.20. The molecule has 2 heterocycles. The molecule has 2 rings (SSSR count). The number of halogens is 3. The lowest BCUT2D eigenvalue weighted by Gasteiger charge is -2.24. The predicted octanol–water partition coefficient (Wildman–Crippen LogP) is 2.69. The zero-order chi connectivity index (χ0) is 13.5. The molecule has 0 bridgehead atoms. The summed E-state index contributed by atoms with van der Waals surface area (Å²) in [6, 6.07) is 1.16. The summed E-state index contributed by atoms with van der Waals surface area (Å²) in [5.74, 6) is -0.396. The van der Waals surface area contributed by atoms with Crippen molar-refractivity contribution in [3.05, 3.63) is 23.0 Å². The Bertz CT molecular complexity index is 476. The van der Waals surface area contributed by atoms with Crippen molar-refractivity contribution < 1.29 is 22.7 Å². The van der Waals surface area contributed by atoms with E-state index in [4.69, 9.17) is 4.74 Å². The average Bonchev–Trinajstić information content (AvgIpc) is 2.54. The number of carbonyl (C=O) groups excluding carboxylic acids is 1. The lowest BCUT2D eigenvalue weighted by molar-refractivity contribution is -0.147. The van der Waals surface area contributed by atoms with Crippen LogP contribution in [0.4, 0.5) is 13.2 Å². The van der Waals surface area contributed by atoms with E-state index < -0.39 is 17.7 Å². The molecule has 0 spiro atoms. The van der Waals surface area contributed by atoms with Gasteiger partial charge in [-0.15, -0.1) is 0 Å². The van der Waals surface area contributed by atoms with Gasteiger partial charge in [-0.2, -0.15) is 13.2 Å². The molecule has 0 saturated carbocycles. The van der Waals surface area contributed by atoms with E-state index in [1.807, 2.05) is 0 Å². The van der Waals surface area contributed by atoms with Gasteiger partial charge in [0.2, 0.25) is 0 Å². The lowest BCUT2D eigenvalue weighted by Crippen LogP contribution is -2.27. The molecule has 0 amide bonds. The maximum atomic E-state index is 12.7. The van der Waals surface area contributed by atoms with E-state index >= 15 is 0 Å². The average molecular weight is 261 g/mol. The van der Waals surface area contributed by atoms with Gasteiger partial charge in [0.15, 0.2) is 0 Å². The molecule has 6 heteroatoms. The number of nitrogens with zero attached hydrogens (tertiary/aromatic N) is 1. The number of esters is 1. The topological polar surface area (TPSA) is 31.2 Å². The molecule has 1 aliphatic rings. The van der Waals surface area contributed by atoms with E-state index in [0.29, 0.717) is 25.1 Å². The Balaban J connectivity index is 2.26. The molecule has 3 nitrogen and oxygen atoms in total. The summed E-state index contributed by atoms with van der Waals surface area (Å²) >= 11 is 0. The normalized spacial score (nSPS) is 19.5. The number of fused-ring (bicyclic) bond motifs is 1. The van der Waals surface area contributed by atoms with E-state index in [9.17, 15) is 18.0 Å². The molecular formula is C12H14F3NO2. The molecule has 18 heavy (non-hydrogen) atoms. The van der Waals surface area contributed by atoms with Gasteiger partial charge in [0.25, 0.3) is 0 Å². The predicted molar refractivity (Wildman–Crippen MR) is 58.0 cm³/mol. The van der Waals surface area contributed by atoms with Crippen LogP contribution in [0.3, 0.4) is 0 Å². The Morgan fingerprint density at radius 1 is 1.50 bits per heavy atom. The van der Waals surface area contributed by atoms with Crippen LogP contribution in [-0.4, -0.2) is 16.6 Å². The quantitative estimate of drug-likeness (QED) is 0.728. The van der Waals surface area contributed by atoms with Crippen LogP contribution < -0.4 is 0 Å². The maximum Gasteiger partial charge on any atom is 0.418 e. The fourth-order valence-corrected chi connectivity index (χ4v) is 2.42. The highest BCUT2D eigenvalue weighted by Gasteiger charge is 2.36. The molecule has 1 aromatic heterocycles. The number of carbonyl (C=O) groups is 1. The van der Waals surface area contributed by atoms with Crippen molar-refractivity contribution in [1.82, 2.24) is 4.57 Å². The molecule has 1 aromatic rings. The van der Waals surface area contributed by atoms with Gasteiger partial charge in [-0.1, -0.05) is 0 Å². The van der Waals surface area contributed by atoms with E-state index in [0.717, 1.165) is 6.07 Å². The SMILES string of the molecule is CC(=O)OC1CCn2c(cc(C(F)(F)F)c2C)C1. The van der Waals surface area contributed by atoms with Crippen LogP contribution in [0.15, 0.2) is 6.07 Å². The zero-order valence-corrected chi connectivity index (χ0v) is 10.2. The summed E-state index contributed by atoms with van der Waals surface area (Å²) in [4.78, 5) is 10.8. The summed E-state index contributed by atoms with van der Waals surface area (Å²) in [5, 5.41) is 0. The minimum Gasteiger partial charge on any atom is -0.462 e. The molecule has 0 N–H and O–H groups in total. The first-order chi connectivity index (χ1) is 8.29. The second-order valence-electron chi connectivity index (χ2n) is 4.51. The van der Waals surface area contributed by atoms with Crippen LogP contribution in [0.25, 0.3) is 0 Å². The Kier molecular flexibility index (Phi) is 3.12.